The zero-order valence-electron chi connectivity index (χ0n) is 18.6. The van der Waals surface area contributed by atoms with Crippen LogP contribution in [0.4, 0.5) is 5.69 Å². The van der Waals surface area contributed by atoms with Crippen LogP contribution < -0.4 is 15.8 Å². The van der Waals surface area contributed by atoms with Gasteiger partial charge in [-0.2, -0.15) is 0 Å². The van der Waals surface area contributed by atoms with Gasteiger partial charge in [0.15, 0.2) is 0 Å². The van der Waals surface area contributed by atoms with Crippen LogP contribution in [0.25, 0.3) is 0 Å². The summed E-state index contributed by atoms with van der Waals surface area (Å²) in [5.41, 5.74) is 9.60. The SMILES string of the molecule is COc1ccccc1CC(=O)N1CCCC1C(N)c1ccc(C(=O)Nc2ccncc2)cc1. The lowest BCUT2D eigenvalue weighted by Crippen LogP contribution is -2.42. The Bertz CT molecular complexity index is 1100. The molecule has 2 unspecified atom stereocenters. The summed E-state index contributed by atoms with van der Waals surface area (Å²) in [5.74, 6) is 0.563. The van der Waals surface area contributed by atoms with Crippen molar-refractivity contribution in [3.05, 3.63) is 89.7 Å². The monoisotopic (exact) mass is 444 g/mol. The number of carbonyl (C=O) groups is 2. The first-order chi connectivity index (χ1) is 16.1. The molecule has 33 heavy (non-hydrogen) atoms. The molecule has 0 spiro atoms. The average molecular weight is 445 g/mol. The van der Waals surface area contributed by atoms with Crippen molar-refractivity contribution in [1.82, 2.24) is 9.88 Å². The number of hydrogen-bond donors (Lipinski definition) is 2. The number of para-hydroxylation sites is 1. The maximum absolute atomic E-state index is 13.1. The summed E-state index contributed by atoms with van der Waals surface area (Å²) in [6.07, 6.45) is 5.30. The number of likely N-dealkylation sites (tertiary alicyclic amines) is 1. The minimum absolute atomic E-state index is 0.0470. The fourth-order valence-corrected chi connectivity index (χ4v) is 4.31. The number of ether oxygens (including phenoxy) is 1. The molecule has 3 aromatic rings. The number of nitrogens with two attached hydrogens (primary N) is 1. The van der Waals surface area contributed by atoms with Gasteiger partial charge in [0, 0.05) is 35.8 Å². The predicted molar refractivity (Wildman–Crippen MR) is 127 cm³/mol. The van der Waals surface area contributed by atoms with Gasteiger partial charge in [0.25, 0.3) is 5.91 Å². The molecule has 1 saturated heterocycles. The molecule has 170 valence electrons. The first kappa shape index (κ1) is 22.5. The number of benzene rings is 2. The van der Waals surface area contributed by atoms with Crippen LogP contribution in [0, 0.1) is 0 Å². The molecular weight excluding hydrogens is 416 g/mol. The Hall–Kier alpha value is -3.71. The van der Waals surface area contributed by atoms with Crippen molar-refractivity contribution in [3.63, 3.8) is 0 Å². The molecule has 0 radical (unpaired) electrons. The van der Waals surface area contributed by atoms with E-state index in [0.29, 0.717) is 23.5 Å². The molecule has 4 rings (SSSR count). The van der Waals surface area contributed by atoms with Gasteiger partial charge in [-0.25, -0.2) is 0 Å². The van der Waals surface area contributed by atoms with Gasteiger partial charge in [-0.3, -0.25) is 14.6 Å². The first-order valence-electron chi connectivity index (χ1n) is 11.0. The predicted octanol–water partition coefficient (Wildman–Crippen LogP) is 3.58. The molecule has 0 saturated carbocycles. The molecule has 0 aliphatic carbocycles. The van der Waals surface area contributed by atoms with Crippen LogP contribution >= 0.6 is 0 Å². The quantitative estimate of drug-likeness (QED) is 0.581. The Morgan fingerprint density at radius 3 is 2.58 bits per heavy atom. The van der Waals surface area contributed by atoms with Crippen LogP contribution in [0.3, 0.4) is 0 Å². The molecule has 7 heteroatoms. The number of amides is 2. The lowest BCUT2D eigenvalue weighted by Gasteiger charge is -2.30. The normalized spacial score (nSPS) is 16.3. The summed E-state index contributed by atoms with van der Waals surface area (Å²) in [5, 5.41) is 2.84. The Morgan fingerprint density at radius 2 is 1.85 bits per heavy atom. The summed E-state index contributed by atoms with van der Waals surface area (Å²) >= 11 is 0. The van der Waals surface area contributed by atoms with Gasteiger partial charge in [-0.1, -0.05) is 30.3 Å². The zero-order chi connectivity index (χ0) is 23.2. The smallest absolute Gasteiger partial charge is 0.255 e. The van der Waals surface area contributed by atoms with Crippen LogP contribution in [0.15, 0.2) is 73.1 Å². The summed E-state index contributed by atoms with van der Waals surface area (Å²) in [4.78, 5) is 31.4. The van der Waals surface area contributed by atoms with E-state index in [0.717, 1.165) is 24.0 Å². The average Bonchev–Trinajstić information content (AvgIpc) is 3.35. The molecule has 7 nitrogen and oxygen atoms in total. The minimum atomic E-state index is -0.327. The number of nitrogens with one attached hydrogen (secondary N) is 1. The van der Waals surface area contributed by atoms with Crippen molar-refractivity contribution in [2.45, 2.75) is 31.3 Å². The van der Waals surface area contributed by atoms with Crippen LogP contribution in [0.2, 0.25) is 0 Å². The lowest BCUT2D eigenvalue weighted by atomic mass is 9.96. The van der Waals surface area contributed by atoms with Crippen LogP contribution in [-0.2, 0) is 11.2 Å². The first-order valence-corrected chi connectivity index (χ1v) is 11.0. The molecule has 1 aliphatic heterocycles. The largest absolute Gasteiger partial charge is 0.496 e. The Labute approximate surface area is 193 Å². The molecule has 1 aromatic heterocycles. The molecule has 2 heterocycles. The Morgan fingerprint density at radius 1 is 1.12 bits per heavy atom. The summed E-state index contributed by atoms with van der Waals surface area (Å²) < 4.78 is 5.39. The number of nitrogens with zero attached hydrogens (tertiary/aromatic N) is 2. The molecule has 2 atom stereocenters. The number of carbonyl (C=O) groups excluding carboxylic acids is 2. The van der Waals surface area contributed by atoms with Crippen LogP contribution in [0.5, 0.6) is 5.75 Å². The number of methoxy groups -OCH3 is 1. The van der Waals surface area contributed by atoms with E-state index in [1.54, 1.807) is 43.8 Å². The summed E-state index contributed by atoms with van der Waals surface area (Å²) in [6.45, 7) is 0.693. The van der Waals surface area contributed by atoms with Gasteiger partial charge >= 0.3 is 0 Å². The highest BCUT2D eigenvalue weighted by molar-refractivity contribution is 6.04. The van der Waals surface area contributed by atoms with E-state index in [1.165, 1.54) is 0 Å². The van der Waals surface area contributed by atoms with Gasteiger partial charge in [0.05, 0.1) is 25.6 Å². The van der Waals surface area contributed by atoms with E-state index in [2.05, 4.69) is 10.3 Å². The maximum Gasteiger partial charge on any atom is 0.255 e. The van der Waals surface area contributed by atoms with E-state index < -0.39 is 0 Å². The summed E-state index contributed by atoms with van der Waals surface area (Å²) in [6, 6.07) is 17.9. The molecule has 0 bridgehead atoms. The van der Waals surface area contributed by atoms with Crippen LogP contribution in [-0.4, -0.2) is 41.4 Å². The molecule has 2 amide bonds. The zero-order valence-corrected chi connectivity index (χ0v) is 18.6. The standard InChI is InChI=1S/C26H28N4O3/c1-33-23-7-3-2-5-20(23)17-24(31)30-16-4-6-22(30)25(27)18-8-10-19(11-9-18)26(32)29-21-12-14-28-15-13-21/h2-3,5,7-15,22,25H,4,6,16-17,27H2,1H3,(H,28,29,32). The van der Waals surface area contributed by atoms with Gasteiger partial charge < -0.3 is 20.7 Å². The highest BCUT2D eigenvalue weighted by atomic mass is 16.5. The van der Waals surface area contributed by atoms with Gasteiger partial charge in [-0.15, -0.1) is 0 Å². The van der Waals surface area contributed by atoms with Crippen molar-refractivity contribution in [2.75, 3.05) is 19.0 Å². The number of rotatable bonds is 7. The molecule has 1 aliphatic rings. The van der Waals surface area contributed by atoms with Crippen molar-refractivity contribution in [1.29, 1.82) is 0 Å². The van der Waals surface area contributed by atoms with Gasteiger partial charge in [0.1, 0.15) is 5.75 Å². The maximum atomic E-state index is 13.1. The molecule has 3 N–H and O–H groups in total. The fourth-order valence-electron chi connectivity index (χ4n) is 4.31. The van der Waals surface area contributed by atoms with E-state index in [-0.39, 0.29) is 30.3 Å². The van der Waals surface area contributed by atoms with Gasteiger partial charge in [0.2, 0.25) is 5.91 Å². The molecule has 2 aromatic carbocycles. The van der Waals surface area contributed by atoms with E-state index in [4.69, 9.17) is 10.5 Å². The third-order valence-corrected chi connectivity index (χ3v) is 6.06. The second kappa shape index (κ2) is 10.3. The number of hydrogen-bond acceptors (Lipinski definition) is 5. The minimum Gasteiger partial charge on any atom is -0.496 e. The van der Waals surface area contributed by atoms with E-state index >= 15 is 0 Å². The van der Waals surface area contributed by atoms with Crippen molar-refractivity contribution < 1.29 is 14.3 Å². The fraction of sp³-hybridized carbons (Fsp3) is 0.269. The third kappa shape index (κ3) is 5.21. The van der Waals surface area contributed by atoms with Crippen molar-refractivity contribution >= 4 is 17.5 Å². The van der Waals surface area contributed by atoms with Crippen molar-refractivity contribution in [2.24, 2.45) is 5.73 Å². The number of aromatic nitrogens is 1. The Balaban J connectivity index is 1.42. The molecular formula is C26H28N4O3. The number of anilines is 1. The molecule has 1 fully saturated rings. The number of pyridine rings is 1. The topological polar surface area (TPSA) is 97.5 Å². The summed E-state index contributed by atoms with van der Waals surface area (Å²) in [7, 11) is 1.61. The van der Waals surface area contributed by atoms with E-state index in [9.17, 15) is 9.59 Å². The lowest BCUT2D eigenvalue weighted by molar-refractivity contribution is -0.131. The highest BCUT2D eigenvalue weighted by Gasteiger charge is 2.34. The van der Waals surface area contributed by atoms with Crippen molar-refractivity contribution in [3.8, 4) is 5.75 Å². The van der Waals surface area contributed by atoms with Crippen LogP contribution in [0.1, 0.15) is 40.4 Å². The highest BCUT2D eigenvalue weighted by Crippen LogP contribution is 2.29. The third-order valence-electron chi connectivity index (χ3n) is 6.06. The van der Waals surface area contributed by atoms with Gasteiger partial charge in [-0.05, 0) is 48.7 Å². The Kier molecular flexibility index (Phi) is 7.00. The second-order valence-corrected chi connectivity index (χ2v) is 8.12. The second-order valence-electron chi connectivity index (χ2n) is 8.12. The van der Waals surface area contributed by atoms with E-state index in [1.807, 2.05) is 41.3 Å².